The van der Waals surface area contributed by atoms with Gasteiger partial charge in [0.15, 0.2) is 0 Å². The van der Waals surface area contributed by atoms with Crippen molar-refractivity contribution < 1.29 is 13.4 Å². The van der Waals surface area contributed by atoms with E-state index in [1.165, 1.54) is 34.4 Å². The van der Waals surface area contributed by atoms with Gasteiger partial charge >= 0.3 is 0 Å². The van der Waals surface area contributed by atoms with Gasteiger partial charge in [-0.2, -0.15) is 4.40 Å². The summed E-state index contributed by atoms with van der Waals surface area (Å²) in [5.41, 5.74) is 2.19. The molecule has 142 valence electrons. The van der Waals surface area contributed by atoms with Crippen LogP contribution < -0.4 is 5.32 Å². The smallest absolute Gasteiger partial charge is 0.272 e. The maximum absolute atomic E-state index is 13.3. The Morgan fingerprint density at radius 1 is 1.41 bits per heavy atom. The number of carbonyl (C=O) groups excluding carboxylic acids is 1. The third-order valence-electron chi connectivity index (χ3n) is 4.03. The fourth-order valence-corrected chi connectivity index (χ4v) is 4.63. The molecule has 3 rings (SSSR count). The van der Waals surface area contributed by atoms with Crippen molar-refractivity contribution >= 4 is 51.4 Å². The number of nitrogens with one attached hydrogen (secondary N) is 1. The van der Waals surface area contributed by atoms with Crippen molar-refractivity contribution in [2.24, 2.45) is 4.40 Å². The van der Waals surface area contributed by atoms with Gasteiger partial charge in [-0.05, 0) is 49.2 Å². The molecular formula is C18H17ClFN3O2S2. The van der Waals surface area contributed by atoms with Crippen LogP contribution in [0.5, 0.6) is 0 Å². The van der Waals surface area contributed by atoms with Gasteiger partial charge in [0.2, 0.25) is 11.2 Å². The molecule has 27 heavy (non-hydrogen) atoms. The molecule has 1 amide bonds. The molecule has 1 unspecified atom stereocenters. The number of anilines is 1. The molecule has 1 aliphatic heterocycles. The first-order valence-corrected chi connectivity index (χ1v) is 10.4. The predicted octanol–water partition coefficient (Wildman–Crippen LogP) is 4.25. The van der Waals surface area contributed by atoms with E-state index in [4.69, 9.17) is 11.6 Å². The molecule has 0 saturated heterocycles. The molecule has 1 N–H and O–H groups in total. The Kier molecular flexibility index (Phi) is 5.78. The van der Waals surface area contributed by atoms with Gasteiger partial charge in [-0.25, -0.2) is 8.60 Å². The summed E-state index contributed by atoms with van der Waals surface area (Å²) >= 11 is 5.60. The minimum Gasteiger partial charge on any atom is -0.321 e. The van der Waals surface area contributed by atoms with Gasteiger partial charge in [-0.15, -0.1) is 11.3 Å². The lowest BCUT2D eigenvalue weighted by atomic mass is 10.2. The maximum Gasteiger partial charge on any atom is 0.272 e. The zero-order valence-corrected chi connectivity index (χ0v) is 17.3. The number of hydrogen-bond acceptors (Lipinski definition) is 3. The van der Waals surface area contributed by atoms with Crippen molar-refractivity contribution in [1.29, 1.82) is 0 Å². The Bertz CT molecular complexity index is 1000. The summed E-state index contributed by atoms with van der Waals surface area (Å²) in [7, 11) is 1.52. The zero-order valence-electron chi connectivity index (χ0n) is 14.9. The van der Waals surface area contributed by atoms with Crippen LogP contribution in [0.2, 0.25) is 5.02 Å². The van der Waals surface area contributed by atoms with E-state index >= 15 is 0 Å². The van der Waals surface area contributed by atoms with Crippen LogP contribution in [0.15, 0.2) is 40.4 Å². The van der Waals surface area contributed by atoms with Crippen LogP contribution in [0, 0.1) is 12.7 Å². The van der Waals surface area contributed by atoms with Crippen molar-refractivity contribution in [1.82, 2.24) is 4.31 Å². The number of rotatable bonds is 4. The van der Waals surface area contributed by atoms with Crippen molar-refractivity contribution in [3.63, 3.8) is 0 Å². The van der Waals surface area contributed by atoms with Crippen LogP contribution in [0.3, 0.4) is 0 Å². The number of thiophene rings is 1. The second kappa shape index (κ2) is 7.92. The quantitative estimate of drug-likeness (QED) is 0.796. The second-order valence-corrected chi connectivity index (χ2v) is 8.62. The van der Waals surface area contributed by atoms with Crippen molar-refractivity contribution in [3.05, 3.63) is 62.2 Å². The number of hydrogen-bond donors (Lipinski definition) is 1. The molecule has 0 saturated carbocycles. The summed E-state index contributed by atoms with van der Waals surface area (Å²) in [6.07, 6.45) is 2.50. The SMILES string of the molecule is CCc1sc(C2=NS(=O)N(C)C(C(=O)Nc3ccc(F)c(Cl)c3)=C2)cc1C. The van der Waals surface area contributed by atoms with E-state index in [0.717, 1.165) is 16.9 Å². The minimum absolute atomic E-state index is 0.0919. The summed E-state index contributed by atoms with van der Waals surface area (Å²) in [4.78, 5) is 14.8. The molecule has 9 heteroatoms. The van der Waals surface area contributed by atoms with E-state index in [-0.39, 0.29) is 10.7 Å². The third-order valence-corrected chi connectivity index (χ3v) is 6.74. The summed E-state index contributed by atoms with van der Waals surface area (Å²) in [6.45, 7) is 4.08. The molecule has 2 heterocycles. The summed E-state index contributed by atoms with van der Waals surface area (Å²) in [5.74, 6) is -1.05. The van der Waals surface area contributed by atoms with E-state index in [1.54, 1.807) is 17.4 Å². The van der Waals surface area contributed by atoms with Crippen molar-refractivity contribution in [3.8, 4) is 0 Å². The number of allylic oxidation sites excluding steroid dienone is 1. The van der Waals surface area contributed by atoms with Crippen LogP contribution >= 0.6 is 22.9 Å². The van der Waals surface area contributed by atoms with Crippen LogP contribution in [-0.2, 0) is 22.4 Å². The largest absolute Gasteiger partial charge is 0.321 e. The van der Waals surface area contributed by atoms with Crippen molar-refractivity contribution in [2.45, 2.75) is 20.3 Å². The molecule has 1 atom stereocenters. The van der Waals surface area contributed by atoms with Gasteiger partial charge in [0.1, 0.15) is 11.5 Å². The van der Waals surface area contributed by atoms with Gasteiger partial charge < -0.3 is 5.32 Å². The highest BCUT2D eigenvalue weighted by atomic mass is 35.5. The van der Waals surface area contributed by atoms with E-state index < -0.39 is 22.9 Å². The monoisotopic (exact) mass is 425 g/mol. The van der Waals surface area contributed by atoms with Crippen LogP contribution in [0.4, 0.5) is 10.1 Å². The molecule has 5 nitrogen and oxygen atoms in total. The highest BCUT2D eigenvalue weighted by Crippen LogP contribution is 2.27. The average molecular weight is 426 g/mol. The van der Waals surface area contributed by atoms with E-state index in [1.807, 2.05) is 13.0 Å². The standard InChI is InChI=1S/C18H17ClFN3O2S2/c1-4-16-10(2)7-17(26-16)14-9-15(23(3)27(25)22-14)18(24)21-11-5-6-13(20)12(19)8-11/h5-9H,4H2,1-3H3,(H,21,24). The highest BCUT2D eigenvalue weighted by molar-refractivity contribution is 7.81. The zero-order chi connectivity index (χ0) is 19.7. The number of likely N-dealkylation sites (N-methyl/N-ethyl adjacent to an activating group) is 1. The fourth-order valence-electron chi connectivity index (χ4n) is 2.57. The lowest BCUT2D eigenvalue weighted by molar-refractivity contribution is -0.113. The number of amides is 1. The number of carbonyl (C=O) groups is 1. The molecular weight excluding hydrogens is 409 g/mol. The molecule has 1 aromatic carbocycles. The van der Waals surface area contributed by atoms with Crippen molar-refractivity contribution in [2.75, 3.05) is 12.4 Å². The number of halogens is 2. The number of nitrogens with zero attached hydrogens (tertiary/aromatic N) is 2. The Labute approximate surface area is 168 Å². The Morgan fingerprint density at radius 2 is 2.15 bits per heavy atom. The fraction of sp³-hybridized carbons (Fsp3) is 0.222. The molecule has 0 bridgehead atoms. The first-order chi connectivity index (χ1) is 12.8. The normalized spacial score (nSPS) is 16.8. The van der Waals surface area contributed by atoms with E-state index in [0.29, 0.717) is 11.4 Å². The predicted molar refractivity (Wildman–Crippen MR) is 109 cm³/mol. The number of benzene rings is 1. The average Bonchev–Trinajstić information content (AvgIpc) is 3.01. The third kappa shape index (κ3) is 4.12. The lowest BCUT2D eigenvalue weighted by Gasteiger charge is -2.22. The molecule has 1 aromatic heterocycles. The first-order valence-electron chi connectivity index (χ1n) is 8.12. The Morgan fingerprint density at radius 3 is 2.78 bits per heavy atom. The maximum atomic E-state index is 13.3. The molecule has 2 aromatic rings. The summed E-state index contributed by atoms with van der Waals surface area (Å²) in [5, 5.41) is 2.55. The molecule has 0 radical (unpaired) electrons. The topological polar surface area (TPSA) is 61.8 Å². The van der Waals surface area contributed by atoms with Crippen LogP contribution in [-0.4, -0.2) is 27.2 Å². The van der Waals surface area contributed by atoms with Gasteiger partial charge in [0.05, 0.1) is 15.6 Å². The first kappa shape index (κ1) is 19.7. The number of aryl methyl sites for hydroxylation is 2. The minimum atomic E-state index is -1.72. The van der Waals surface area contributed by atoms with E-state index in [9.17, 15) is 13.4 Å². The van der Waals surface area contributed by atoms with Gasteiger partial charge in [-0.1, -0.05) is 18.5 Å². The molecule has 1 aliphatic rings. The molecule has 0 spiro atoms. The van der Waals surface area contributed by atoms with Crippen LogP contribution in [0.1, 0.15) is 22.2 Å². The summed E-state index contributed by atoms with van der Waals surface area (Å²) < 4.78 is 31.1. The van der Waals surface area contributed by atoms with E-state index in [2.05, 4.69) is 16.6 Å². The summed E-state index contributed by atoms with van der Waals surface area (Å²) in [6, 6.07) is 5.88. The van der Waals surface area contributed by atoms with Gasteiger partial charge in [0, 0.05) is 17.6 Å². The lowest BCUT2D eigenvalue weighted by Crippen LogP contribution is -2.32. The Hall–Kier alpha value is -2.03. The van der Waals surface area contributed by atoms with Gasteiger partial charge in [0.25, 0.3) is 5.91 Å². The van der Waals surface area contributed by atoms with Crippen LogP contribution in [0.25, 0.3) is 0 Å². The molecule has 0 fully saturated rings. The van der Waals surface area contributed by atoms with Gasteiger partial charge in [-0.3, -0.25) is 9.10 Å². The second-order valence-electron chi connectivity index (χ2n) is 5.89. The molecule has 0 aliphatic carbocycles. The highest BCUT2D eigenvalue weighted by Gasteiger charge is 2.25. The Balaban J connectivity index is 1.91.